The van der Waals surface area contributed by atoms with Gasteiger partial charge in [-0.2, -0.15) is 0 Å². The number of amides is 3. The van der Waals surface area contributed by atoms with Crippen LogP contribution in [0.15, 0.2) is 36.4 Å². The summed E-state index contributed by atoms with van der Waals surface area (Å²) in [5.41, 5.74) is 1.38. The number of benzene rings is 2. The first kappa shape index (κ1) is 19.4. The van der Waals surface area contributed by atoms with E-state index >= 15 is 0 Å². The number of halogens is 2. The van der Waals surface area contributed by atoms with Gasteiger partial charge in [-0.1, -0.05) is 53.0 Å². The minimum atomic E-state index is -1.36. The number of nitrogens with zero attached hydrogens (tertiary/aromatic N) is 1. The fraction of sp³-hybridized carbons (Fsp3) is 0.250. The highest BCUT2D eigenvalue weighted by molar-refractivity contribution is 6.35. The number of imide groups is 1. The van der Waals surface area contributed by atoms with Crippen LogP contribution < -0.4 is 5.32 Å². The van der Waals surface area contributed by atoms with Crippen LogP contribution in [0.5, 0.6) is 0 Å². The van der Waals surface area contributed by atoms with E-state index in [1.807, 2.05) is 26.0 Å². The summed E-state index contributed by atoms with van der Waals surface area (Å²) in [5.74, 6) is -0.836. The Morgan fingerprint density at radius 2 is 1.81 bits per heavy atom. The number of hydrogen-bond donors (Lipinski definition) is 1. The van der Waals surface area contributed by atoms with Crippen molar-refractivity contribution in [2.45, 2.75) is 26.3 Å². The molecule has 27 heavy (non-hydrogen) atoms. The summed E-state index contributed by atoms with van der Waals surface area (Å²) in [6, 6.07) is 9.48. The van der Waals surface area contributed by atoms with Crippen molar-refractivity contribution in [3.05, 3.63) is 68.7 Å². The van der Waals surface area contributed by atoms with Gasteiger partial charge in [0.05, 0.1) is 6.54 Å². The molecule has 140 valence electrons. The molecule has 5 nitrogen and oxygen atoms in total. The van der Waals surface area contributed by atoms with E-state index in [1.165, 1.54) is 6.07 Å². The molecule has 2 aromatic rings. The first-order valence-corrected chi connectivity index (χ1v) is 9.09. The van der Waals surface area contributed by atoms with Gasteiger partial charge in [-0.3, -0.25) is 14.5 Å². The molecule has 1 aliphatic heterocycles. The number of carbonyl (C=O) groups is 3. The van der Waals surface area contributed by atoms with Crippen LogP contribution in [0.1, 0.15) is 34.0 Å². The van der Waals surface area contributed by atoms with Gasteiger partial charge in [0.1, 0.15) is 5.54 Å². The molecule has 0 bridgehead atoms. The number of hydrogen-bond acceptors (Lipinski definition) is 3. The summed E-state index contributed by atoms with van der Waals surface area (Å²) < 4.78 is 0. The van der Waals surface area contributed by atoms with Crippen molar-refractivity contribution in [1.82, 2.24) is 10.2 Å². The number of urea groups is 1. The third kappa shape index (κ3) is 3.45. The van der Waals surface area contributed by atoms with E-state index in [0.717, 1.165) is 16.0 Å². The Morgan fingerprint density at radius 3 is 2.44 bits per heavy atom. The monoisotopic (exact) mass is 404 g/mol. The molecule has 0 radical (unpaired) electrons. The lowest BCUT2D eigenvalue weighted by atomic mass is 9.92. The van der Waals surface area contributed by atoms with Crippen LogP contribution in [0, 0.1) is 13.8 Å². The second kappa shape index (κ2) is 6.98. The summed E-state index contributed by atoms with van der Waals surface area (Å²) in [5, 5.41) is 3.33. The SMILES string of the molecule is Cc1ccc(C(=O)CN2C(=O)NC(C)(c3ccc(Cl)cc3Cl)C2=O)c(C)c1. The molecule has 7 heteroatoms. The van der Waals surface area contributed by atoms with Crippen LogP contribution in [0.25, 0.3) is 0 Å². The number of carbonyl (C=O) groups excluding carboxylic acids is 3. The Labute approximate surface area is 167 Å². The minimum absolute atomic E-state index is 0.265. The van der Waals surface area contributed by atoms with Gasteiger partial charge in [-0.05, 0) is 38.5 Å². The number of nitrogens with one attached hydrogen (secondary N) is 1. The van der Waals surface area contributed by atoms with Crippen LogP contribution in [0.3, 0.4) is 0 Å². The number of rotatable bonds is 4. The zero-order valence-electron chi connectivity index (χ0n) is 15.1. The van der Waals surface area contributed by atoms with Crippen molar-refractivity contribution in [3.8, 4) is 0 Å². The highest BCUT2D eigenvalue weighted by atomic mass is 35.5. The predicted octanol–water partition coefficient (Wildman–Crippen LogP) is 4.26. The van der Waals surface area contributed by atoms with Gasteiger partial charge < -0.3 is 5.32 Å². The largest absolute Gasteiger partial charge is 0.325 e. The van der Waals surface area contributed by atoms with Crippen molar-refractivity contribution < 1.29 is 14.4 Å². The highest BCUT2D eigenvalue weighted by Crippen LogP contribution is 2.35. The van der Waals surface area contributed by atoms with Crippen molar-refractivity contribution in [2.75, 3.05) is 6.54 Å². The summed E-state index contributed by atoms with van der Waals surface area (Å²) in [7, 11) is 0. The normalized spacial score (nSPS) is 19.4. The smallest absolute Gasteiger partial charge is 0.319 e. The van der Waals surface area contributed by atoms with Gasteiger partial charge in [0.15, 0.2) is 5.78 Å². The van der Waals surface area contributed by atoms with Crippen LogP contribution in [-0.4, -0.2) is 29.2 Å². The quantitative estimate of drug-likeness (QED) is 0.611. The molecule has 0 spiro atoms. The predicted molar refractivity (Wildman–Crippen MR) is 104 cm³/mol. The van der Waals surface area contributed by atoms with Crippen LogP contribution in [0.2, 0.25) is 10.0 Å². The van der Waals surface area contributed by atoms with E-state index in [9.17, 15) is 14.4 Å². The van der Waals surface area contributed by atoms with Crippen LogP contribution >= 0.6 is 23.2 Å². The van der Waals surface area contributed by atoms with Crippen LogP contribution in [0.4, 0.5) is 4.79 Å². The van der Waals surface area contributed by atoms with Crippen molar-refractivity contribution in [1.29, 1.82) is 0 Å². The second-order valence-corrected chi connectivity index (χ2v) is 7.66. The molecular formula is C20H18Cl2N2O3. The van der Waals surface area contributed by atoms with Gasteiger partial charge in [-0.15, -0.1) is 0 Å². The Morgan fingerprint density at radius 1 is 1.11 bits per heavy atom. The third-order valence-electron chi connectivity index (χ3n) is 4.73. The van der Waals surface area contributed by atoms with Gasteiger partial charge in [-0.25, -0.2) is 4.79 Å². The molecule has 1 heterocycles. The molecule has 1 atom stereocenters. The van der Waals surface area contributed by atoms with E-state index in [4.69, 9.17) is 23.2 Å². The molecule has 1 fully saturated rings. The topological polar surface area (TPSA) is 66.5 Å². The molecule has 0 saturated carbocycles. The lowest BCUT2D eigenvalue weighted by Crippen LogP contribution is -2.41. The van der Waals surface area contributed by atoms with Crippen molar-refractivity contribution >= 4 is 40.9 Å². The molecule has 0 aromatic heterocycles. The molecule has 1 saturated heterocycles. The van der Waals surface area contributed by atoms with Crippen LogP contribution in [-0.2, 0) is 10.3 Å². The Bertz CT molecular complexity index is 974. The van der Waals surface area contributed by atoms with Gasteiger partial charge in [0.2, 0.25) is 0 Å². The summed E-state index contributed by atoms with van der Waals surface area (Å²) >= 11 is 12.1. The second-order valence-electron chi connectivity index (χ2n) is 6.81. The summed E-state index contributed by atoms with van der Waals surface area (Å²) in [4.78, 5) is 39.0. The fourth-order valence-corrected chi connectivity index (χ4v) is 3.87. The van der Waals surface area contributed by atoms with E-state index in [1.54, 1.807) is 25.1 Å². The lowest BCUT2D eigenvalue weighted by molar-refractivity contribution is -0.130. The van der Waals surface area contributed by atoms with E-state index in [-0.39, 0.29) is 17.4 Å². The number of aryl methyl sites for hydroxylation is 2. The zero-order chi connectivity index (χ0) is 19.9. The highest BCUT2D eigenvalue weighted by Gasteiger charge is 2.50. The average Bonchev–Trinajstić information content (AvgIpc) is 2.78. The van der Waals surface area contributed by atoms with Crippen molar-refractivity contribution in [3.63, 3.8) is 0 Å². The van der Waals surface area contributed by atoms with Gasteiger partial charge in [0.25, 0.3) is 5.91 Å². The molecule has 3 amide bonds. The molecule has 0 aliphatic carbocycles. The molecule has 1 unspecified atom stereocenters. The van der Waals surface area contributed by atoms with Crippen molar-refractivity contribution in [2.24, 2.45) is 0 Å². The Balaban J connectivity index is 1.89. The first-order chi connectivity index (χ1) is 12.6. The maximum Gasteiger partial charge on any atom is 0.325 e. The van der Waals surface area contributed by atoms with E-state index in [2.05, 4.69) is 5.32 Å². The van der Waals surface area contributed by atoms with E-state index in [0.29, 0.717) is 16.1 Å². The molecule has 1 aliphatic rings. The van der Waals surface area contributed by atoms with E-state index < -0.39 is 17.5 Å². The first-order valence-electron chi connectivity index (χ1n) is 8.33. The molecular weight excluding hydrogens is 387 g/mol. The zero-order valence-corrected chi connectivity index (χ0v) is 16.6. The molecule has 3 rings (SSSR count). The number of Topliss-reactive ketones (excluding diaryl/α,β-unsaturated/α-hetero) is 1. The maximum atomic E-state index is 13.0. The van der Waals surface area contributed by atoms with Gasteiger partial charge >= 0.3 is 6.03 Å². The Kier molecular flexibility index (Phi) is 5.02. The minimum Gasteiger partial charge on any atom is -0.319 e. The number of ketones is 1. The lowest BCUT2D eigenvalue weighted by Gasteiger charge is -2.23. The fourth-order valence-electron chi connectivity index (χ4n) is 3.27. The standard InChI is InChI=1S/C20H18Cl2N2O3/c1-11-4-6-14(12(2)8-11)17(25)10-24-18(26)20(3,23-19(24)27)15-7-5-13(21)9-16(15)22/h4-9H,10H2,1-3H3,(H,23,27). The maximum absolute atomic E-state index is 13.0. The average molecular weight is 405 g/mol. The molecule has 2 aromatic carbocycles. The Hall–Kier alpha value is -2.37. The molecule has 1 N–H and O–H groups in total. The third-order valence-corrected chi connectivity index (χ3v) is 5.28. The summed E-state index contributed by atoms with van der Waals surface area (Å²) in [6.45, 7) is 4.98. The summed E-state index contributed by atoms with van der Waals surface area (Å²) in [6.07, 6.45) is 0. The van der Waals surface area contributed by atoms with Gasteiger partial charge in [0, 0.05) is 21.2 Å².